The Labute approximate surface area is 139 Å². The van der Waals surface area contributed by atoms with Gasteiger partial charge in [0.25, 0.3) is 11.8 Å². The number of rotatable bonds is 4. The zero-order valence-electron chi connectivity index (χ0n) is 13.1. The van der Waals surface area contributed by atoms with Crippen molar-refractivity contribution in [1.82, 2.24) is 10.9 Å². The van der Waals surface area contributed by atoms with Crippen LogP contribution in [-0.2, 0) is 4.79 Å². The predicted molar refractivity (Wildman–Crippen MR) is 92.2 cm³/mol. The van der Waals surface area contributed by atoms with E-state index in [2.05, 4.69) is 16.0 Å². The minimum absolute atomic E-state index is 0.250. The van der Waals surface area contributed by atoms with Gasteiger partial charge in [-0.25, -0.2) is 0 Å². The molecule has 0 spiro atoms. The summed E-state index contributed by atoms with van der Waals surface area (Å²) in [7, 11) is 0. The number of carbonyl (C=O) groups excluding carboxylic acids is 2. The van der Waals surface area contributed by atoms with Crippen molar-refractivity contribution in [3.05, 3.63) is 78.0 Å². The van der Waals surface area contributed by atoms with Gasteiger partial charge in [-0.3, -0.25) is 15.0 Å². The van der Waals surface area contributed by atoms with Gasteiger partial charge in [0, 0.05) is 11.8 Å². The second kappa shape index (κ2) is 6.78. The Bertz CT molecular complexity index is 813. The summed E-state index contributed by atoms with van der Waals surface area (Å²) in [5.74, 6) is -0.535. The number of amides is 2. The SMILES string of the molecule is CC1=NN(c2ccccc2)C(=O)/C1=C\NNC(=O)c1ccccc1. The van der Waals surface area contributed by atoms with E-state index in [0.717, 1.165) is 0 Å². The normalized spacial score (nSPS) is 15.4. The number of para-hydroxylation sites is 1. The van der Waals surface area contributed by atoms with Crippen molar-refractivity contribution in [2.75, 3.05) is 5.01 Å². The molecule has 120 valence electrons. The van der Waals surface area contributed by atoms with E-state index in [0.29, 0.717) is 22.5 Å². The number of nitrogens with one attached hydrogen (secondary N) is 2. The molecule has 1 aliphatic rings. The summed E-state index contributed by atoms with van der Waals surface area (Å²) in [5.41, 5.74) is 7.39. The number of hydrazone groups is 1. The lowest BCUT2D eigenvalue weighted by Gasteiger charge is -2.11. The van der Waals surface area contributed by atoms with Crippen LogP contribution >= 0.6 is 0 Å². The molecular formula is C18H16N4O2. The number of carbonyl (C=O) groups is 2. The van der Waals surface area contributed by atoms with Gasteiger partial charge in [0.15, 0.2) is 0 Å². The number of benzene rings is 2. The predicted octanol–water partition coefficient (Wildman–Crippen LogP) is 2.23. The van der Waals surface area contributed by atoms with Crippen molar-refractivity contribution in [2.24, 2.45) is 5.10 Å². The van der Waals surface area contributed by atoms with Gasteiger partial charge in [-0.05, 0) is 31.2 Å². The second-order valence-corrected chi connectivity index (χ2v) is 5.16. The maximum Gasteiger partial charge on any atom is 0.282 e. The largest absolute Gasteiger partial charge is 0.305 e. The topological polar surface area (TPSA) is 73.8 Å². The van der Waals surface area contributed by atoms with Crippen molar-refractivity contribution in [3.63, 3.8) is 0 Å². The van der Waals surface area contributed by atoms with E-state index in [-0.39, 0.29) is 11.8 Å². The zero-order valence-corrected chi connectivity index (χ0v) is 13.1. The monoisotopic (exact) mass is 320 g/mol. The summed E-state index contributed by atoms with van der Waals surface area (Å²) < 4.78 is 0. The molecule has 2 amide bonds. The fourth-order valence-corrected chi connectivity index (χ4v) is 2.26. The molecule has 0 saturated heterocycles. The third-order valence-corrected chi connectivity index (χ3v) is 3.50. The second-order valence-electron chi connectivity index (χ2n) is 5.16. The lowest BCUT2D eigenvalue weighted by atomic mass is 10.2. The van der Waals surface area contributed by atoms with Crippen LogP contribution in [0.1, 0.15) is 17.3 Å². The zero-order chi connectivity index (χ0) is 16.9. The molecule has 0 saturated carbocycles. The van der Waals surface area contributed by atoms with Gasteiger partial charge in [-0.1, -0.05) is 36.4 Å². The van der Waals surface area contributed by atoms with Crippen LogP contribution in [0.3, 0.4) is 0 Å². The average molecular weight is 320 g/mol. The smallest absolute Gasteiger partial charge is 0.282 e. The molecule has 0 aromatic heterocycles. The van der Waals surface area contributed by atoms with Crippen molar-refractivity contribution < 1.29 is 9.59 Å². The highest BCUT2D eigenvalue weighted by molar-refractivity contribution is 6.29. The molecule has 0 unspecified atom stereocenters. The Morgan fingerprint density at radius 2 is 1.67 bits per heavy atom. The number of hydrogen-bond donors (Lipinski definition) is 2. The fourth-order valence-electron chi connectivity index (χ4n) is 2.26. The summed E-state index contributed by atoms with van der Waals surface area (Å²) >= 11 is 0. The summed E-state index contributed by atoms with van der Waals surface area (Å²) in [6.45, 7) is 1.74. The molecule has 24 heavy (non-hydrogen) atoms. The van der Waals surface area contributed by atoms with Crippen LogP contribution in [0, 0.1) is 0 Å². The molecule has 0 atom stereocenters. The molecule has 3 rings (SSSR count). The third-order valence-electron chi connectivity index (χ3n) is 3.50. The van der Waals surface area contributed by atoms with Gasteiger partial charge in [0.1, 0.15) is 0 Å². The van der Waals surface area contributed by atoms with Gasteiger partial charge >= 0.3 is 0 Å². The third kappa shape index (κ3) is 3.17. The first-order chi connectivity index (χ1) is 11.7. The van der Waals surface area contributed by atoms with Gasteiger partial charge < -0.3 is 5.43 Å². The van der Waals surface area contributed by atoms with Crippen molar-refractivity contribution in [3.8, 4) is 0 Å². The molecule has 0 radical (unpaired) electrons. The Balaban J connectivity index is 1.67. The van der Waals surface area contributed by atoms with Crippen LogP contribution in [0.15, 0.2) is 77.5 Å². The van der Waals surface area contributed by atoms with E-state index in [4.69, 9.17) is 0 Å². The van der Waals surface area contributed by atoms with Crippen LogP contribution < -0.4 is 15.9 Å². The van der Waals surface area contributed by atoms with Gasteiger partial charge in [-0.15, -0.1) is 0 Å². The first kappa shape index (κ1) is 15.5. The van der Waals surface area contributed by atoms with E-state index >= 15 is 0 Å². The highest BCUT2D eigenvalue weighted by Gasteiger charge is 2.28. The van der Waals surface area contributed by atoms with E-state index in [1.807, 2.05) is 36.4 Å². The molecule has 2 aromatic rings. The molecule has 0 aliphatic carbocycles. The molecule has 1 heterocycles. The molecule has 6 heteroatoms. The Morgan fingerprint density at radius 3 is 2.33 bits per heavy atom. The Morgan fingerprint density at radius 1 is 1.04 bits per heavy atom. The van der Waals surface area contributed by atoms with E-state index in [9.17, 15) is 9.59 Å². The van der Waals surface area contributed by atoms with Crippen LogP contribution in [0.4, 0.5) is 5.69 Å². The standard InChI is InChI=1S/C18H16N4O2/c1-13-16(12-19-20-17(23)14-8-4-2-5-9-14)18(24)22(21-13)15-10-6-3-7-11-15/h2-12,19H,1H3,(H,20,23)/b16-12-. The quantitative estimate of drug-likeness (QED) is 0.670. The van der Waals surface area contributed by atoms with Crippen molar-refractivity contribution in [2.45, 2.75) is 6.92 Å². The number of anilines is 1. The Hall–Kier alpha value is -3.41. The molecular weight excluding hydrogens is 304 g/mol. The molecule has 1 aliphatic heterocycles. The maximum atomic E-state index is 12.5. The van der Waals surface area contributed by atoms with Gasteiger partial charge in [0.2, 0.25) is 0 Å². The molecule has 0 bridgehead atoms. The van der Waals surface area contributed by atoms with E-state index in [1.165, 1.54) is 11.2 Å². The van der Waals surface area contributed by atoms with Crippen molar-refractivity contribution >= 4 is 23.2 Å². The molecule has 0 fully saturated rings. The fraction of sp³-hybridized carbons (Fsp3) is 0.0556. The average Bonchev–Trinajstić information content (AvgIpc) is 2.91. The highest BCUT2D eigenvalue weighted by Crippen LogP contribution is 2.22. The Kier molecular flexibility index (Phi) is 4.38. The summed E-state index contributed by atoms with van der Waals surface area (Å²) in [6, 6.07) is 18.0. The number of hydrogen-bond acceptors (Lipinski definition) is 4. The van der Waals surface area contributed by atoms with Crippen LogP contribution in [0.5, 0.6) is 0 Å². The summed E-state index contributed by atoms with van der Waals surface area (Å²) in [6.07, 6.45) is 1.45. The van der Waals surface area contributed by atoms with E-state index < -0.39 is 0 Å². The van der Waals surface area contributed by atoms with Crippen molar-refractivity contribution in [1.29, 1.82) is 0 Å². The minimum Gasteiger partial charge on any atom is -0.305 e. The molecule has 2 aromatic carbocycles. The maximum absolute atomic E-state index is 12.5. The first-order valence-electron chi connectivity index (χ1n) is 7.43. The first-order valence-corrected chi connectivity index (χ1v) is 7.43. The molecule has 6 nitrogen and oxygen atoms in total. The summed E-state index contributed by atoms with van der Waals surface area (Å²) in [5, 5.41) is 5.59. The summed E-state index contributed by atoms with van der Waals surface area (Å²) in [4.78, 5) is 24.4. The number of hydrazine groups is 1. The van der Waals surface area contributed by atoms with Gasteiger partial charge in [0.05, 0.1) is 17.0 Å². The highest BCUT2D eigenvalue weighted by atomic mass is 16.2. The lowest BCUT2D eigenvalue weighted by Crippen LogP contribution is -2.34. The van der Waals surface area contributed by atoms with E-state index in [1.54, 1.807) is 31.2 Å². The van der Waals surface area contributed by atoms with Crippen LogP contribution in [0.25, 0.3) is 0 Å². The minimum atomic E-state index is -0.285. The van der Waals surface area contributed by atoms with Gasteiger partial charge in [-0.2, -0.15) is 10.1 Å². The number of nitrogens with zero attached hydrogens (tertiary/aromatic N) is 2. The van der Waals surface area contributed by atoms with Crippen LogP contribution in [-0.4, -0.2) is 17.5 Å². The van der Waals surface area contributed by atoms with Crippen LogP contribution in [0.2, 0.25) is 0 Å². The molecule has 2 N–H and O–H groups in total. The lowest BCUT2D eigenvalue weighted by molar-refractivity contribution is -0.114.